The lowest BCUT2D eigenvalue weighted by Crippen LogP contribution is -2.40. The number of likely N-dealkylation sites (tertiary alicyclic amines) is 1. The largest absolute Gasteiger partial charge is 0.337 e. The van der Waals surface area contributed by atoms with Crippen LogP contribution in [-0.2, 0) is 26.4 Å². The van der Waals surface area contributed by atoms with Gasteiger partial charge >= 0.3 is 0 Å². The number of para-hydroxylation sites is 1. The van der Waals surface area contributed by atoms with E-state index in [2.05, 4.69) is 10.2 Å². The van der Waals surface area contributed by atoms with Crippen molar-refractivity contribution >= 4 is 16.8 Å². The number of nitrogens with zero attached hydrogens (tertiary/aromatic N) is 5. The fourth-order valence-electron chi connectivity index (χ4n) is 4.82. The van der Waals surface area contributed by atoms with Crippen molar-refractivity contribution in [2.75, 3.05) is 13.1 Å². The lowest BCUT2D eigenvalue weighted by atomic mass is 9.95. The highest BCUT2D eigenvalue weighted by Gasteiger charge is 2.27. The van der Waals surface area contributed by atoms with Gasteiger partial charge in [0, 0.05) is 38.1 Å². The highest BCUT2D eigenvalue weighted by Crippen LogP contribution is 2.24. The molecular formula is C23H27N5O2. The maximum absolute atomic E-state index is 13.1. The van der Waals surface area contributed by atoms with Crippen molar-refractivity contribution < 1.29 is 4.79 Å². The smallest absolute Gasteiger partial charge is 0.275 e. The monoisotopic (exact) mass is 405 g/mol. The molecule has 156 valence electrons. The quantitative estimate of drug-likeness (QED) is 0.671. The number of carbonyl (C=O) groups is 1. The molecule has 0 radical (unpaired) electrons. The van der Waals surface area contributed by atoms with E-state index in [0.29, 0.717) is 31.2 Å². The van der Waals surface area contributed by atoms with E-state index in [-0.39, 0.29) is 11.5 Å². The lowest BCUT2D eigenvalue weighted by molar-refractivity contribution is 0.0675. The Labute approximate surface area is 175 Å². The van der Waals surface area contributed by atoms with Crippen LogP contribution in [0.5, 0.6) is 0 Å². The molecule has 3 heterocycles. The summed E-state index contributed by atoms with van der Waals surface area (Å²) in [7, 11) is 1.87. The zero-order chi connectivity index (χ0) is 20.7. The predicted octanol–water partition coefficient (Wildman–Crippen LogP) is 2.56. The second kappa shape index (κ2) is 7.70. The number of hydrogen-bond acceptors (Lipinski definition) is 4. The van der Waals surface area contributed by atoms with Crippen molar-refractivity contribution in [1.82, 2.24) is 24.5 Å². The number of aryl methyl sites for hydroxylation is 3. The molecule has 2 aromatic heterocycles. The fraction of sp³-hybridized carbons (Fsp3) is 0.478. The van der Waals surface area contributed by atoms with Gasteiger partial charge in [-0.1, -0.05) is 18.2 Å². The van der Waals surface area contributed by atoms with Crippen LogP contribution < -0.4 is 5.56 Å². The Kier molecular flexibility index (Phi) is 4.89. The number of piperidine rings is 1. The number of amides is 1. The van der Waals surface area contributed by atoms with Crippen LogP contribution in [0.3, 0.4) is 0 Å². The second-order valence-electron chi connectivity index (χ2n) is 8.57. The molecule has 0 N–H and O–H groups in total. The van der Waals surface area contributed by atoms with Crippen molar-refractivity contribution in [2.24, 2.45) is 13.0 Å². The average molecular weight is 406 g/mol. The minimum atomic E-state index is -0.00526. The first-order valence-electron chi connectivity index (χ1n) is 10.9. The molecule has 1 aliphatic heterocycles. The van der Waals surface area contributed by atoms with Crippen molar-refractivity contribution in [1.29, 1.82) is 0 Å². The summed E-state index contributed by atoms with van der Waals surface area (Å²) in [4.78, 5) is 27.5. The molecule has 1 aliphatic carbocycles. The van der Waals surface area contributed by atoms with Gasteiger partial charge in [-0.25, -0.2) is 4.68 Å². The molecular weight excluding hydrogens is 378 g/mol. The lowest BCUT2D eigenvalue weighted by Gasteiger charge is -2.31. The molecule has 0 unspecified atom stereocenters. The minimum absolute atomic E-state index is 0.00526. The molecule has 0 bridgehead atoms. The molecule has 0 spiro atoms. The molecule has 7 nitrogen and oxygen atoms in total. The van der Waals surface area contributed by atoms with E-state index in [1.165, 1.54) is 0 Å². The Balaban J connectivity index is 1.26. The van der Waals surface area contributed by atoms with Crippen LogP contribution >= 0.6 is 0 Å². The van der Waals surface area contributed by atoms with E-state index in [9.17, 15) is 9.59 Å². The average Bonchev–Trinajstić information content (AvgIpc) is 3.11. The third-order valence-corrected chi connectivity index (χ3v) is 6.57. The maximum atomic E-state index is 13.1. The van der Waals surface area contributed by atoms with E-state index in [4.69, 9.17) is 0 Å². The van der Waals surface area contributed by atoms with Crippen LogP contribution in [0, 0.1) is 5.92 Å². The first kappa shape index (κ1) is 19.0. The van der Waals surface area contributed by atoms with Crippen LogP contribution in [0.25, 0.3) is 10.9 Å². The van der Waals surface area contributed by atoms with Gasteiger partial charge in [0.2, 0.25) is 0 Å². The summed E-state index contributed by atoms with van der Waals surface area (Å²) in [5, 5.41) is 10.0. The Morgan fingerprint density at radius 1 is 1.10 bits per heavy atom. The van der Waals surface area contributed by atoms with Crippen molar-refractivity contribution in [3.05, 3.63) is 57.6 Å². The summed E-state index contributed by atoms with van der Waals surface area (Å²) in [6, 6.07) is 9.62. The summed E-state index contributed by atoms with van der Waals surface area (Å²) in [6.45, 7) is 2.02. The second-order valence-corrected chi connectivity index (χ2v) is 8.57. The van der Waals surface area contributed by atoms with Gasteiger partial charge in [-0.2, -0.15) is 10.2 Å². The summed E-state index contributed by atoms with van der Waals surface area (Å²) in [5.74, 6) is 0.357. The fourth-order valence-corrected chi connectivity index (χ4v) is 4.82. The third-order valence-electron chi connectivity index (χ3n) is 6.57. The van der Waals surface area contributed by atoms with Gasteiger partial charge in [-0.15, -0.1) is 0 Å². The molecule has 2 aliphatic rings. The maximum Gasteiger partial charge on any atom is 0.275 e. The third kappa shape index (κ3) is 3.42. The van der Waals surface area contributed by atoms with Gasteiger partial charge in [0.05, 0.1) is 11.2 Å². The Hall–Kier alpha value is -2.96. The molecule has 5 rings (SSSR count). The Morgan fingerprint density at radius 3 is 2.70 bits per heavy atom. The van der Waals surface area contributed by atoms with E-state index >= 15 is 0 Å². The molecule has 1 fully saturated rings. The number of rotatable bonds is 3. The summed E-state index contributed by atoms with van der Waals surface area (Å²) < 4.78 is 3.42. The predicted molar refractivity (Wildman–Crippen MR) is 114 cm³/mol. The standard InChI is InChI=1S/C23H27N5O2/c1-26-20-9-5-3-7-18(20)22(25-26)23(30)27-12-10-16(11-13-27)15-28-21(29)14-17-6-2-4-8-19(17)24-28/h3,5,7,9,14,16H,2,4,6,8,10-13,15H2,1H3. The Morgan fingerprint density at radius 2 is 1.87 bits per heavy atom. The van der Waals surface area contributed by atoms with Crippen molar-refractivity contribution in [2.45, 2.75) is 45.1 Å². The summed E-state index contributed by atoms with van der Waals surface area (Å²) in [5.41, 5.74) is 3.72. The molecule has 7 heteroatoms. The first-order valence-corrected chi connectivity index (χ1v) is 10.9. The number of benzene rings is 1. The van der Waals surface area contributed by atoms with Crippen LogP contribution in [0.2, 0.25) is 0 Å². The highest BCUT2D eigenvalue weighted by atomic mass is 16.2. The van der Waals surface area contributed by atoms with Crippen LogP contribution in [-0.4, -0.2) is 43.5 Å². The van der Waals surface area contributed by atoms with Crippen LogP contribution in [0.15, 0.2) is 35.1 Å². The Bertz CT molecular complexity index is 1150. The normalized spacial score (nSPS) is 17.3. The first-order chi connectivity index (χ1) is 14.6. The van der Waals surface area contributed by atoms with Gasteiger partial charge in [-0.3, -0.25) is 14.3 Å². The SMILES string of the molecule is Cn1nc(C(=O)N2CCC(Cn3nc4c(cc3=O)CCCC4)CC2)c2ccccc21. The molecule has 3 aromatic rings. The van der Waals surface area contributed by atoms with Crippen molar-refractivity contribution in [3.63, 3.8) is 0 Å². The van der Waals surface area contributed by atoms with E-state index in [1.54, 1.807) is 15.4 Å². The molecule has 1 aromatic carbocycles. The van der Waals surface area contributed by atoms with Crippen LogP contribution in [0.4, 0.5) is 0 Å². The molecule has 1 saturated heterocycles. The summed E-state index contributed by atoms with van der Waals surface area (Å²) in [6.07, 6.45) is 6.00. The van der Waals surface area contributed by atoms with Gasteiger partial charge < -0.3 is 4.90 Å². The van der Waals surface area contributed by atoms with Crippen LogP contribution in [0.1, 0.15) is 47.4 Å². The van der Waals surface area contributed by atoms with Gasteiger partial charge in [-0.05, 0) is 56.1 Å². The van der Waals surface area contributed by atoms with E-state index in [0.717, 1.165) is 60.7 Å². The van der Waals surface area contributed by atoms with E-state index < -0.39 is 0 Å². The van der Waals surface area contributed by atoms with Crippen molar-refractivity contribution in [3.8, 4) is 0 Å². The molecule has 0 atom stereocenters. The number of aromatic nitrogens is 4. The number of carbonyl (C=O) groups excluding carboxylic acids is 1. The zero-order valence-electron chi connectivity index (χ0n) is 17.4. The zero-order valence-corrected chi connectivity index (χ0v) is 17.4. The van der Waals surface area contributed by atoms with Gasteiger partial charge in [0.1, 0.15) is 0 Å². The topological polar surface area (TPSA) is 73.0 Å². The number of hydrogen-bond donors (Lipinski definition) is 0. The highest BCUT2D eigenvalue weighted by molar-refractivity contribution is 6.04. The van der Waals surface area contributed by atoms with Gasteiger partial charge in [0.15, 0.2) is 5.69 Å². The molecule has 30 heavy (non-hydrogen) atoms. The van der Waals surface area contributed by atoms with E-state index in [1.807, 2.05) is 36.2 Å². The van der Waals surface area contributed by atoms with Gasteiger partial charge in [0.25, 0.3) is 11.5 Å². The number of fused-ring (bicyclic) bond motifs is 2. The molecule has 0 saturated carbocycles. The molecule has 1 amide bonds. The minimum Gasteiger partial charge on any atom is -0.337 e. The summed E-state index contributed by atoms with van der Waals surface area (Å²) >= 11 is 0.